The van der Waals surface area contributed by atoms with E-state index in [1.54, 1.807) is 37.3 Å². The average molecular weight is 341 g/mol. The van der Waals surface area contributed by atoms with Gasteiger partial charge in [-0.2, -0.15) is 0 Å². The van der Waals surface area contributed by atoms with Crippen LogP contribution in [-0.2, 0) is 16.0 Å². The molecular weight excluding hydrogens is 326 g/mol. The number of nitro groups is 1. The Morgan fingerprint density at radius 3 is 2.68 bits per heavy atom. The van der Waals surface area contributed by atoms with E-state index in [9.17, 15) is 19.7 Å². The van der Waals surface area contributed by atoms with Crippen LogP contribution in [0.25, 0.3) is 0 Å². The molecule has 0 aromatic heterocycles. The Morgan fingerprint density at radius 2 is 2.00 bits per heavy atom. The van der Waals surface area contributed by atoms with Gasteiger partial charge in [0, 0.05) is 17.8 Å². The van der Waals surface area contributed by atoms with Crippen molar-refractivity contribution in [1.29, 1.82) is 0 Å². The Morgan fingerprint density at radius 1 is 1.28 bits per heavy atom. The Labute approximate surface area is 142 Å². The molecule has 25 heavy (non-hydrogen) atoms. The number of ether oxygens (including phenoxy) is 1. The number of carbonyl (C=O) groups is 2. The first-order chi connectivity index (χ1) is 11.9. The minimum Gasteiger partial charge on any atom is -0.479 e. The van der Waals surface area contributed by atoms with Crippen LogP contribution in [0.15, 0.2) is 42.5 Å². The highest BCUT2D eigenvalue weighted by Gasteiger charge is 2.23. The van der Waals surface area contributed by atoms with E-state index in [4.69, 9.17) is 4.74 Å². The van der Waals surface area contributed by atoms with Crippen LogP contribution >= 0.6 is 0 Å². The number of rotatable bonds is 4. The number of amides is 2. The van der Waals surface area contributed by atoms with Crippen molar-refractivity contribution in [2.75, 3.05) is 10.6 Å². The zero-order valence-corrected chi connectivity index (χ0v) is 13.3. The van der Waals surface area contributed by atoms with Crippen LogP contribution in [0.4, 0.5) is 17.1 Å². The summed E-state index contributed by atoms with van der Waals surface area (Å²) in [6.45, 7) is 1.65. The SMILES string of the molecule is C[C@H]1Oc2ccc(NC(=O)Cc3ccc([N+](=O)[O-])cc3)cc2NC1=O. The Hall–Kier alpha value is -3.42. The second-order valence-corrected chi connectivity index (χ2v) is 5.61. The van der Waals surface area contributed by atoms with Crippen molar-refractivity contribution in [2.45, 2.75) is 19.4 Å². The lowest BCUT2D eigenvalue weighted by Gasteiger charge is -2.23. The van der Waals surface area contributed by atoms with Crippen LogP contribution < -0.4 is 15.4 Å². The minimum absolute atomic E-state index is 0.0242. The summed E-state index contributed by atoms with van der Waals surface area (Å²) >= 11 is 0. The molecule has 2 N–H and O–H groups in total. The zero-order chi connectivity index (χ0) is 18.0. The highest BCUT2D eigenvalue weighted by atomic mass is 16.6. The minimum atomic E-state index is -0.560. The maximum Gasteiger partial charge on any atom is 0.269 e. The van der Waals surface area contributed by atoms with Crippen LogP contribution in [0.5, 0.6) is 5.75 Å². The molecule has 8 nitrogen and oxygen atoms in total. The van der Waals surface area contributed by atoms with E-state index in [0.29, 0.717) is 22.7 Å². The van der Waals surface area contributed by atoms with Gasteiger partial charge in [-0.1, -0.05) is 12.1 Å². The van der Waals surface area contributed by atoms with Gasteiger partial charge in [-0.15, -0.1) is 0 Å². The molecule has 0 saturated carbocycles. The smallest absolute Gasteiger partial charge is 0.269 e. The van der Waals surface area contributed by atoms with E-state index in [1.165, 1.54) is 12.1 Å². The lowest BCUT2D eigenvalue weighted by atomic mass is 10.1. The molecule has 8 heteroatoms. The van der Waals surface area contributed by atoms with Crippen LogP contribution in [-0.4, -0.2) is 22.8 Å². The molecule has 0 radical (unpaired) electrons. The molecule has 128 valence electrons. The van der Waals surface area contributed by atoms with Crippen molar-refractivity contribution in [1.82, 2.24) is 0 Å². The molecule has 0 spiro atoms. The molecule has 1 aliphatic heterocycles. The molecular formula is C17H15N3O5. The molecule has 1 atom stereocenters. The lowest BCUT2D eigenvalue weighted by molar-refractivity contribution is -0.384. The van der Waals surface area contributed by atoms with Gasteiger partial charge in [-0.05, 0) is 30.7 Å². The quantitative estimate of drug-likeness (QED) is 0.656. The maximum absolute atomic E-state index is 12.1. The highest BCUT2D eigenvalue weighted by Crippen LogP contribution is 2.32. The molecule has 2 aromatic rings. The van der Waals surface area contributed by atoms with E-state index in [0.717, 1.165) is 0 Å². The van der Waals surface area contributed by atoms with E-state index in [-0.39, 0.29) is 23.9 Å². The van der Waals surface area contributed by atoms with Gasteiger partial charge in [-0.25, -0.2) is 0 Å². The van der Waals surface area contributed by atoms with Gasteiger partial charge in [0.25, 0.3) is 11.6 Å². The second kappa shape index (κ2) is 6.60. The van der Waals surface area contributed by atoms with Crippen molar-refractivity contribution in [2.24, 2.45) is 0 Å². The molecule has 1 aliphatic rings. The summed E-state index contributed by atoms with van der Waals surface area (Å²) < 4.78 is 5.45. The maximum atomic E-state index is 12.1. The van der Waals surface area contributed by atoms with Crippen molar-refractivity contribution in [3.05, 3.63) is 58.1 Å². The first kappa shape index (κ1) is 16.4. The number of anilines is 2. The standard InChI is InChI=1S/C17H15N3O5/c1-10-17(22)19-14-9-12(4-7-15(14)25-10)18-16(21)8-11-2-5-13(6-3-11)20(23)24/h2-7,9-10H,8H2,1H3,(H,18,21)(H,19,22)/t10-/m1/s1. The topological polar surface area (TPSA) is 111 Å². The molecule has 0 saturated heterocycles. The van der Waals surface area contributed by atoms with Gasteiger partial charge >= 0.3 is 0 Å². The van der Waals surface area contributed by atoms with Crippen LogP contribution in [0.1, 0.15) is 12.5 Å². The fraction of sp³-hybridized carbons (Fsp3) is 0.176. The zero-order valence-electron chi connectivity index (χ0n) is 13.3. The summed E-state index contributed by atoms with van der Waals surface area (Å²) in [4.78, 5) is 33.9. The van der Waals surface area contributed by atoms with Crippen LogP contribution in [0.3, 0.4) is 0 Å². The molecule has 2 amide bonds. The molecule has 0 fully saturated rings. The van der Waals surface area contributed by atoms with Gasteiger partial charge in [0.1, 0.15) is 5.75 Å². The molecule has 1 heterocycles. The molecule has 2 aromatic carbocycles. The number of non-ortho nitro benzene ring substituents is 1. The largest absolute Gasteiger partial charge is 0.479 e. The summed E-state index contributed by atoms with van der Waals surface area (Å²) in [6.07, 6.45) is -0.482. The number of nitrogens with one attached hydrogen (secondary N) is 2. The number of hydrogen-bond acceptors (Lipinski definition) is 5. The van der Waals surface area contributed by atoms with Crippen molar-refractivity contribution < 1.29 is 19.2 Å². The number of fused-ring (bicyclic) bond motifs is 1. The van der Waals surface area contributed by atoms with Crippen molar-refractivity contribution >= 4 is 28.9 Å². The number of benzene rings is 2. The molecule has 3 rings (SSSR count). The van der Waals surface area contributed by atoms with Gasteiger partial charge in [0.05, 0.1) is 17.0 Å². The monoisotopic (exact) mass is 341 g/mol. The van der Waals surface area contributed by atoms with Crippen molar-refractivity contribution in [3.8, 4) is 5.75 Å². The third-order valence-electron chi connectivity index (χ3n) is 3.71. The lowest BCUT2D eigenvalue weighted by Crippen LogP contribution is -2.34. The fourth-order valence-electron chi connectivity index (χ4n) is 2.41. The van der Waals surface area contributed by atoms with Gasteiger partial charge < -0.3 is 15.4 Å². The van der Waals surface area contributed by atoms with Gasteiger partial charge in [0.2, 0.25) is 5.91 Å². The third-order valence-corrected chi connectivity index (χ3v) is 3.71. The number of carbonyl (C=O) groups excluding carboxylic acids is 2. The van der Waals surface area contributed by atoms with Crippen LogP contribution in [0.2, 0.25) is 0 Å². The van der Waals surface area contributed by atoms with E-state index in [2.05, 4.69) is 10.6 Å². The molecule has 0 aliphatic carbocycles. The predicted molar refractivity (Wildman–Crippen MR) is 90.6 cm³/mol. The Balaban J connectivity index is 1.66. The van der Waals surface area contributed by atoms with Gasteiger partial charge in [0.15, 0.2) is 6.10 Å². The van der Waals surface area contributed by atoms with Crippen LogP contribution in [0, 0.1) is 10.1 Å². The third kappa shape index (κ3) is 3.74. The normalized spacial score (nSPS) is 15.6. The van der Waals surface area contributed by atoms with E-state index >= 15 is 0 Å². The molecule has 0 bridgehead atoms. The number of nitrogens with zero attached hydrogens (tertiary/aromatic N) is 1. The van der Waals surface area contributed by atoms with E-state index in [1.807, 2.05) is 0 Å². The predicted octanol–water partition coefficient (Wildman–Crippen LogP) is 2.50. The summed E-state index contributed by atoms with van der Waals surface area (Å²) in [5, 5.41) is 16.1. The van der Waals surface area contributed by atoms with Crippen molar-refractivity contribution in [3.63, 3.8) is 0 Å². The summed E-state index contributed by atoms with van der Waals surface area (Å²) in [5.74, 6) is 0.0209. The first-order valence-electron chi connectivity index (χ1n) is 7.57. The number of hydrogen-bond donors (Lipinski definition) is 2. The second-order valence-electron chi connectivity index (χ2n) is 5.61. The van der Waals surface area contributed by atoms with Gasteiger partial charge in [-0.3, -0.25) is 19.7 Å². The summed E-state index contributed by atoms with van der Waals surface area (Å²) in [7, 11) is 0. The summed E-state index contributed by atoms with van der Waals surface area (Å²) in [6, 6.07) is 10.8. The Kier molecular flexibility index (Phi) is 4.34. The van der Waals surface area contributed by atoms with E-state index < -0.39 is 11.0 Å². The Bertz CT molecular complexity index is 848. The summed E-state index contributed by atoms with van der Waals surface area (Å²) in [5.41, 5.74) is 1.65. The first-order valence-corrected chi connectivity index (χ1v) is 7.57. The highest BCUT2D eigenvalue weighted by molar-refractivity contribution is 5.99. The fourth-order valence-corrected chi connectivity index (χ4v) is 2.41. The average Bonchev–Trinajstić information content (AvgIpc) is 2.56. The molecule has 0 unspecified atom stereocenters. The number of nitro benzene ring substituents is 1.